The number of carboxylic acid groups (broad SMARTS) is 1. The summed E-state index contributed by atoms with van der Waals surface area (Å²) in [7, 11) is 0. The lowest BCUT2D eigenvalue weighted by Crippen LogP contribution is -2.28. The summed E-state index contributed by atoms with van der Waals surface area (Å²) in [5.41, 5.74) is 1.02. The minimum absolute atomic E-state index is 0.214. The number of aromatic nitrogens is 3. The van der Waals surface area contributed by atoms with Gasteiger partial charge in [-0.3, -0.25) is 5.32 Å². The first-order valence-corrected chi connectivity index (χ1v) is 7.42. The van der Waals surface area contributed by atoms with Gasteiger partial charge < -0.3 is 10.4 Å². The Morgan fingerprint density at radius 2 is 2.00 bits per heavy atom. The zero-order valence-electron chi connectivity index (χ0n) is 12.5. The minimum Gasteiger partial charge on any atom is -0.478 e. The van der Waals surface area contributed by atoms with E-state index in [1.807, 2.05) is 4.68 Å². The van der Waals surface area contributed by atoms with Crippen molar-refractivity contribution < 1.29 is 14.7 Å². The number of aromatic carboxylic acids is 1. The summed E-state index contributed by atoms with van der Waals surface area (Å²) < 4.78 is 1.82. The molecule has 0 unspecified atom stereocenters. The molecule has 1 aliphatic rings. The molecule has 0 aliphatic carbocycles. The van der Waals surface area contributed by atoms with Crippen LogP contribution >= 0.6 is 0 Å². The van der Waals surface area contributed by atoms with Gasteiger partial charge in [0.15, 0.2) is 0 Å². The molecule has 0 saturated carbocycles. The summed E-state index contributed by atoms with van der Waals surface area (Å²) >= 11 is 0. The van der Waals surface area contributed by atoms with Crippen molar-refractivity contribution in [1.29, 1.82) is 0 Å². The highest BCUT2D eigenvalue weighted by molar-refractivity contribution is 5.88. The summed E-state index contributed by atoms with van der Waals surface area (Å²) in [6, 6.07) is 5.94. The van der Waals surface area contributed by atoms with Crippen molar-refractivity contribution in [3.05, 3.63) is 41.2 Å². The second-order valence-electron chi connectivity index (χ2n) is 5.34. The van der Waals surface area contributed by atoms with Crippen LogP contribution in [0.3, 0.4) is 0 Å². The number of carbonyl (C=O) groups excluding carboxylic acids is 1. The van der Waals surface area contributed by atoms with Crippen LogP contribution in [0.15, 0.2) is 24.3 Å². The highest BCUT2D eigenvalue weighted by atomic mass is 16.4. The van der Waals surface area contributed by atoms with Gasteiger partial charge in [0.1, 0.15) is 5.82 Å². The third kappa shape index (κ3) is 3.65. The van der Waals surface area contributed by atoms with Gasteiger partial charge in [-0.25, -0.2) is 14.3 Å². The normalized spacial score (nSPS) is 13.2. The van der Waals surface area contributed by atoms with E-state index in [2.05, 4.69) is 20.7 Å². The number of hydrogen-bond donors (Lipinski definition) is 3. The van der Waals surface area contributed by atoms with E-state index in [0.717, 1.165) is 37.2 Å². The van der Waals surface area contributed by atoms with E-state index in [9.17, 15) is 9.59 Å². The highest BCUT2D eigenvalue weighted by Crippen LogP contribution is 2.13. The maximum absolute atomic E-state index is 11.9. The van der Waals surface area contributed by atoms with Gasteiger partial charge in [-0.1, -0.05) is 12.1 Å². The van der Waals surface area contributed by atoms with Crippen LogP contribution in [0.1, 0.15) is 34.6 Å². The zero-order valence-corrected chi connectivity index (χ0v) is 12.5. The number of urea groups is 1. The fourth-order valence-electron chi connectivity index (χ4n) is 2.43. The van der Waals surface area contributed by atoms with Crippen LogP contribution in [0.5, 0.6) is 0 Å². The Hall–Kier alpha value is -2.90. The Balaban J connectivity index is 1.53. The lowest BCUT2D eigenvalue weighted by Gasteiger charge is -2.09. The van der Waals surface area contributed by atoms with Gasteiger partial charge in [-0.05, 0) is 30.5 Å². The molecule has 2 amide bonds. The molecule has 0 atom stereocenters. The van der Waals surface area contributed by atoms with E-state index in [0.29, 0.717) is 12.5 Å². The van der Waals surface area contributed by atoms with E-state index in [1.54, 1.807) is 12.1 Å². The number of carbonyl (C=O) groups is 2. The molecule has 23 heavy (non-hydrogen) atoms. The number of aryl methyl sites for hydroxylation is 2. The van der Waals surface area contributed by atoms with E-state index < -0.39 is 12.0 Å². The molecule has 3 rings (SSSR count). The highest BCUT2D eigenvalue weighted by Gasteiger charge is 2.15. The van der Waals surface area contributed by atoms with Crippen molar-refractivity contribution in [3.8, 4) is 0 Å². The fraction of sp³-hybridized carbons (Fsp3) is 0.333. The van der Waals surface area contributed by atoms with Crippen molar-refractivity contribution in [1.82, 2.24) is 20.1 Å². The van der Waals surface area contributed by atoms with Gasteiger partial charge in [-0.2, -0.15) is 4.98 Å². The average molecular weight is 315 g/mol. The van der Waals surface area contributed by atoms with Crippen molar-refractivity contribution in [2.24, 2.45) is 0 Å². The molecule has 0 saturated heterocycles. The summed E-state index contributed by atoms with van der Waals surface area (Å²) in [6.07, 6.45) is 3.05. The van der Waals surface area contributed by atoms with Crippen LogP contribution < -0.4 is 10.6 Å². The fourth-order valence-corrected chi connectivity index (χ4v) is 2.43. The van der Waals surface area contributed by atoms with Crippen molar-refractivity contribution in [2.45, 2.75) is 32.4 Å². The monoisotopic (exact) mass is 315 g/mol. The average Bonchev–Trinajstić information content (AvgIpc) is 2.95. The van der Waals surface area contributed by atoms with Gasteiger partial charge in [0.2, 0.25) is 5.95 Å². The third-order valence-corrected chi connectivity index (χ3v) is 3.65. The number of anilines is 1. The Bertz CT molecular complexity index is 700. The first-order valence-electron chi connectivity index (χ1n) is 7.42. The molecular weight excluding hydrogens is 298 g/mol. The molecule has 0 bridgehead atoms. The molecule has 8 heteroatoms. The first kappa shape index (κ1) is 15.0. The molecule has 1 aromatic heterocycles. The largest absolute Gasteiger partial charge is 0.478 e. The van der Waals surface area contributed by atoms with Gasteiger partial charge in [0.05, 0.1) is 5.56 Å². The Labute approximate surface area is 132 Å². The number of nitrogens with one attached hydrogen (secondary N) is 2. The number of hydrogen-bond acceptors (Lipinski definition) is 4. The summed E-state index contributed by atoms with van der Waals surface area (Å²) in [6.45, 7) is 1.13. The molecule has 1 aromatic carbocycles. The van der Waals surface area contributed by atoms with E-state index >= 15 is 0 Å². The number of nitrogens with zero attached hydrogens (tertiary/aromatic N) is 3. The smallest absolute Gasteiger partial charge is 0.335 e. The van der Waals surface area contributed by atoms with Crippen LogP contribution in [0.25, 0.3) is 0 Å². The number of benzene rings is 1. The minimum atomic E-state index is -0.975. The topological polar surface area (TPSA) is 109 Å². The molecule has 1 aliphatic heterocycles. The van der Waals surface area contributed by atoms with Crippen molar-refractivity contribution in [3.63, 3.8) is 0 Å². The Morgan fingerprint density at radius 3 is 2.70 bits per heavy atom. The second-order valence-corrected chi connectivity index (χ2v) is 5.34. The molecule has 0 radical (unpaired) electrons. The van der Waals surface area contributed by atoms with Crippen LogP contribution in [-0.4, -0.2) is 31.9 Å². The predicted molar refractivity (Wildman–Crippen MR) is 82.2 cm³/mol. The maximum Gasteiger partial charge on any atom is 0.335 e. The molecular formula is C15H17N5O3. The van der Waals surface area contributed by atoms with Crippen molar-refractivity contribution >= 4 is 17.9 Å². The molecule has 120 valence electrons. The number of rotatable bonds is 4. The summed E-state index contributed by atoms with van der Waals surface area (Å²) in [5.74, 6) is 0.230. The van der Waals surface area contributed by atoms with Crippen molar-refractivity contribution in [2.75, 3.05) is 5.32 Å². The Kier molecular flexibility index (Phi) is 4.22. The molecule has 0 fully saturated rings. The maximum atomic E-state index is 11.9. The van der Waals surface area contributed by atoms with Gasteiger partial charge in [0.25, 0.3) is 0 Å². The zero-order chi connectivity index (χ0) is 16.2. The molecule has 3 N–H and O–H groups in total. The van der Waals surface area contributed by atoms with Gasteiger partial charge in [0, 0.05) is 19.5 Å². The van der Waals surface area contributed by atoms with Gasteiger partial charge >= 0.3 is 12.0 Å². The van der Waals surface area contributed by atoms with Crippen LogP contribution in [0.2, 0.25) is 0 Å². The van der Waals surface area contributed by atoms with E-state index in [1.165, 1.54) is 12.1 Å². The van der Waals surface area contributed by atoms with Crippen LogP contribution in [0.4, 0.5) is 10.7 Å². The molecule has 2 heterocycles. The number of carboxylic acids is 1. The quantitative estimate of drug-likeness (QED) is 0.794. The van der Waals surface area contributed by atoms with Crippen LogP contribution in [-0.2, 0) is 19.5 Å². The predicted octanol–water partition coefficient (Wildman–Crippen LogP) is 1.63. The SMILES string of the molecule is O=C(NCc1ccc(C(=O)O)cc1)Nc1nc2n(n1)CCCC2. The Morgan fingerprint density at radius 1 is 1.22 bits per heavy atom. The first-order chi connectivity index (χ1) is 11.1. The summed E-state index contributed by atoms with van der Waals surface area (Å²) in [4.78, 5) is 26.9. The lowest BCUT2D eigenvalue weighted by molar-refractivity contribution is 0.0697. The summed E-state index contributed by atoms with van der Waals surface area (Å²) in [5, 5.41) is 18.4. The molecule has 2 aromatic rings. The lowest BCUT2D eigenvalue weighted by atomic mass is 10.1. The number of fused-ring (bicyclic) bond motifs is 1. The van der Waals surface area contributed by atoms with Gasteiger partial charge in [-0.15, -0.1) is 5.10 Å². The second kappa shape index (κ2) is 6.47. The molecule has 8 nitrogen and oxygen atoms in total. The van der Waals surface area contributed by atoms with E-state index in [4.69, 9.17) is 5.11 Å². The van der Waals surface area contributed by atoms with E-state index in [-0.39, 0.29) is 5.56 Å². The third-order valence-electron chi connectivity index (χ3n) is 3.65. The molecule has 0 spiro atoms. The standard InChI is InChI=1S/C15H17N5O3/c21-13(22)11-6-4-10(5-7-11)9-16-15(23)18-14-17-12-3-1-2-8-20(12)19-14/h4-7H,1-3,8-9H2,(H,21,22)(H2,16,18,19,23). The number of amides is 2. The van der Waals surface area contributed by atoms with Crippen LogP contribution in [0, 0.1) is 0 Å².